The molecular weight excluding hydrogens is 932 g/mol. The third-order valence-electron chi connectivity index (χ3n) is 12.5. The molecule has 0 saturated heterocycles. The van der Waals surface area contributed by atoms with Crippen LogP contribution in [0, 0.1) is 39.9 Å². The van der Waals surface area contributed by atoms with Crippen LogP contribution in [0.25, 0.3) is 0 Å². The molecule has 0 aliphatic rings. The summed E-state index contributed by atoms with van der Waals surface area (Å²) in [5.74, 6) is 1.42. The number of phenols is 3. The molecular formula is C57H99GdN3O3. The van der Waals surface area contributed by atoms with Crippen LogP contribution in [0.1, 0.15) is 216 Å². The Morgan fingerprint density at radius 3 is 0.609 bits per heavy atom. The van der Waals surface area contributed by atoms with E-state index >= 15 is 0 Å². The van der Waals surface area contributed by atoms with E-state index in [0.29, 0.717) is 17.2 Å². The molecule has 7 heteroatoms. The van der Waals surface area contributed by atoms with Gasteiger partial charge in [0.2, 0.25) is 0 Å². The number of hydrogen-bond acceptors (Lipinski definition) is 6. The van der Waals surface area contributed by atoms with E-state index in [1.54, 1.807) is 0 Å². The molecule has 6 nitrogen and oxygen atoms in total. The molecule has 3 N–H and O–H groups in total. The zero-order valence-corrected chi connectivity index (χ0v) is 48.1. The Hall–Kier alpha value is -1.74. The molecule has 0 bridgehead atoms. The molecule has 368 valence electrons. The number of nitrogens with zero attached hydrogens (tertiary/aromatic N) is 3. The van der Waals surface area contributed by atoms with Gasteiger partial charge in [0.05, 0.1) is 0 Å². The first-order chi connectivity index (χ1) is 28.5. The van der Waals surface area contributed by atoms with Gasteiger partial charge in [-0.1, -0.05) is 203 Å². The van der Waals surface area contributed by atoms with Crippen LogP contribution < -0.4 is 0 Å². The van der Waals surface area contributed by atoms with Gasteiger partial charge in [-0.25, -0.2) is 0 Å². The zero-order chi connectivity index (χ0) is 49.3. The minimum absolute atomic E-state index is 0. The van der Waals surface area contributed by atoms with Gasteiger partial charge in [0, 0.05) is 76.3 Å². The number of aromatic hydroxyl groups is 3. The van der Waals surface area contributed by atoms with E-state index < -0.39 is 0 Å². The maximum atomic E-state index is 10.7. The minimum atomic E-state index is -0.0522. The number of benzene rings is 3. The van der Waals surface area contributed by atoms with Crippen LogP contribution in [0.5, 0.6) is 17.2 Å². The van der Waals surface area contributed by atoms with Gasteiger partial charge in [-0.15, -0.1) is 0 Å². The minimum Gasteiger partial charge on any atom is -0.507 e. The maximum Gasteiger partial charge on any atom is 0.123 e. The van der Waals surface area contributed by atoms with Crippen LogP contribution in [-0.2, 0) is 52.1 Å². The van der Waals surface area contributed by atoms with E-state index in [4.69, 9.17) is 0 Å². The second-order valence-corrected chi connectivity index (χ2v) is 24.0. The Balaban J connectivity index is 0.000000923. The van der Waals surface area contributed by atoms with Crippen LogP contribution in [0.3, 0.4) is 0 Å². The molecule has 0 atom stereocenters. The van der Waals surface area contributed by atoms with Crippen LogP contribution in [-0.4, -0.2) is 69.3 Å². The molecule has 3 aromatic carbocycles. The molecule has 0 unspecified atom stereocenters. The normalized spacial score (nSPS) is 12.8. The average Bonchev–Trinajstić information content (AvgIpc) is 3.14. The summed E-state index contributed by atoms with van der Waals surface area (Å²) in [6.45, 7) is 61.0. The third-order valence-corrected chi connectivity index (χ3v) is 12.5. The number of rotatable bonds is 12. The van der Waals surface area contributed by atoms with Crippen molar-refractivity contribution in [3.05, 3.63) is 86.5 Å². The molecule has 0 aromatic heterocycles. The first kappa shape index (κ1) is 62.3. The predicted molar refractivity (Wildman–Crippen MR) is 276 cm³/mol. The first-order valence-corrected chi connectivity index (χ1v) is 24.3. The summed E-state index contributed by atoms with van der Waals surface area (Å²) in [5.41, 5.74) is 10.3. The largest absolute Gasteiger partial charge is 0.507 e. The van der Waals surface area contributed by atoms with E-state index in [-0.39, 0.29) is 72.4 Å². The Morgan fingerprint density at radius 1 is 0.312 bits per heavy atom. The summed E-state index contributed by atoms with van der Waals surface area (Å²) in [6.07, 6.45) is 0. The SMILES string of the molecule is CCN(CC)Cc1cc(C(C)(C)C)cc(C(C)(C)C)c1O.CCN(CC)Cc1cc(C(C)(C)C)cc(C(C)(C)C)c1O.CCN(CC)Cc1cc(C(C)(C)C)cc(C(C)(C)C)c1O.[Gd]. The van der Waals surface area contributed by atoms with Gasteiger partial charge in [0.15, 0.2) is 0 Å². The topological polar surface area (TPSA) is 70.4 Å². The van der Waals surface area contributed by atoms with E-state index in [1.165, 1.54) is 16.7 Å². The Kier molecular flexibility index (Phi) is 24.4. The maximum absolute atomic E-state index is 10.7. The standard InChI is InChI=1S/3C19H33NO.Gd/c3*1-9-20(10-2)13-14-11-15(18(3,4)5)12-16(17(14)21)19(6,7)8;/h3*11-12,21H,9-10,13H2,1-8H3;. The zero-order valence-electron chi connectivity index (χ0n) is 45.9. The van der Waals surface area contributed by atoms with Crippen molar-refractivity contribution in [3.8, 4) is 17.2 Å². The molecule has 0 amide bonds. The van der Waals surface area contributed by atoms with Gasteiger partial charge in [-0.05, 0) is 105 Å². The van der Waals surface area contributed by atoms with Crippen molar-refractivity contribution in [2.45, 2.75) is 218 Å². The average molecular weight is 1030 g/mol. The fourth-order valence-corrected chi connectivity index (χ4v) is 7.52. The van der Waals surface area contributed by atoms with Crippen molar-refractivity contribution < 1.29 is 55.3 Å². The molecule has 0 radical (unpaired) electrons. The molecule has 0 heterocycles. The molecule has 0 aliphatic heterocycles. The number of phenolic OH excluding ortho intramolecular Hbond substituents is 3. The molecule has 3 aromatic rings. The van der Waals surface area contributed by atoms with Crippen molar-refractivity contribution in [3.63, 3.8) is 0 Å². The molecule has 0 aliphatic carbocycles. The predicted octanol–water partition coefficient (Wildman–Crippen LogP) is 14.5. The monoisotopic (exact) mass is 1030 g/mol. The van der Waals surface area contributed by atoms with Crippen LogP contribution in [0.4, 0.5) is 0 Å². The van der Waals surface area contributed by atoms with Gasteiger partial charge >= 0.3 is 0 Å². The fraction of sp³-hybridized carbons (Fsp3) is 0.684. The molecule has 3 rings (SSSR count). The van der Waals surface area contributed by atoms with E-state index in [0.717, 1.165) is 92.3 Å². The van der Waals surface area contributed by atoms with Gasteiger partial charge < -0.3 is 15.3 Å². The number of hydrogen-bond donors (Lipinski definition) is 3. The van der Waals surface area contributed by atoms with Gasteiger partial charge in [-0.3, -0.25) is 14.7 Å². The third kappa shape index (κ3) is 18.7. The second kappa shape index (κ2) is 25.0. The second-order valence-electron chi connectivity index (χ2n) is 24.0. The van der Waals surface area contributed by atoms with Gasteiger partial charge in [-0.2, -0.15) is 0 Å². The summed E-state index contributed by atoms with van der Waals surface area (Å²) in [5, 5.41) is 32.2. The van der Waals surface area contributed by atoms with Crippen LogP contribution >= 0.6 is 0 Å². The summed E-state index contributed by atoms with van der Waals surface area (Å²) < 4.78 is 0. The molecule has 0 fully saturated rings. The Bertz CT molecular complexity index is 1650. The molecule has 0 saturated carbocycles. The van der Waals surface area contributed by atoms with Crippen LogP contribution in [0.2, 0.25) is 0 Å². The van der Waals surface area contributed by atoms with Crippen molar-refractivity contribution >= 4 is 0 Å². The summed E-state index contributed by atoms with van der Waals surface area (Å²) in [6, 6.07) is 13.1. The van der Waals surface area contributed by atoms with Crippen molar-refractivity contribution in [1.29, 1.82) is 0 Å². The van der Waals surface area contributed by atoms with Gasteiger partial charge in [0.1, 0.15) is 17.2 Å². The fourth-order valence-electron chi connectivity index (χ4n) is 7.52. The van der Waals surface area contributed by atoms with Crippen LogP contribution in [0.15, 0.2) is 36.4 Å². The van der Waals surface area contributed by atoms with E-state index in [9.17, 15) is 15.3 Å². The van der Waals surface area contributed by atoms with Crippen molar-refractivity contribution in [1.82, 2.24) is 14.7 Å². The summed E-state index contributed by atoms with van der Waals surface area (Å²) in [4.78, 5) is 7.02. The summed E-state index contributed by atoms with van der Waals surface area (Å²) in [7, 11) is 0. The van der Waals surface area contributed by atoms with Crippen molar-refractivity contribution in [2.24, 2.45) is 0 Å². The quantitative estimate of drug-likeness (QED) is 0.168. The molecule has 64 heavy (non-hydrogen) atoms. The smallest absolute Gasteiger partial charge is 0.123 e. The Labute approximate surface area is 428 Å². The van der Waals surface area contributed by atoms with Crippen molar-refractivity contribution in [2.75, 3.05) is 39.3 Å². The van der Waals surface area contributed by atoms with E-state index in [2.05, 4.69) is 217 Å². The van der Waals surface area contributed by atoms with E-state index in [1.807, 2.05) is 0 Å². The van der Waals surface area contributed by atoms with Gasteiger partial charge in [0.25, 0.3) is 0 Å². The Morgan fingerprint density at radius 2 is 0.484 bits per heavy atom. The molecule has 0 spiro atoms. The summed E-state index contributed by atoms with van der Waals surface area (Å²) >= 11 is 0. The first-order valence-electron chi connectivity index (χ1n) is 24.3.